The first-order valence-corrected chi connectivity index (χ1v) is 6.10. The third kappa shape index (κ3) is 2.07. The quantitative estimate of drug-likeness (QED) is 0.672. The van der Waals surface area contributed by atoms with Gasteiger partial charge >= 0.3 is 0 Å². The van der Waals surface area contributed by atoms with Crippen molar-refractivity contribution < 1.29 is 4.39 Å². The Labute approximate surface area is 95.7 Å². The van der Waals surface area contributed by atoms with Gasteiger partial charge in [0, 0.05) is 30.9 Å². The van der Waals surface area contributed by atoms with E-state index in [1.165, 1.54) is 0 Å². The number of rotatable bonds is 5. The summed E-state index contributed by atoms with van der Waals surface area (Å²) in [5.41, 5.74) is -0.0571. The van der Waals surface area contributed by atoms with Crippen molar-refractivity contribution in [2.24, 2.45) is 5.41 Å². The van der Waals surface area contributed by atoms with E-state index in [0.29, 0.717) is 5.88 Å². The molecule has 0 bridgehead atoms. The van der Waals surface area contributed by atoms with Crippen LogP contribution < -0.4 is 0 Å². The molecule has 1 aliphatic carbocycles. The molecule has 0 aromatic carbocycles. The Kier molecular flexibility index (Phi) is 3.10. The molecule has 0 aromatic rings. The summed E-state index contributed by atoms with van der Waals surface area (Å²) in [5, 5.41) is 0. The number of halogens is 2. The normalized spacial score (nSPS) is 27.5. The van der Waals surface area contributed by atoms with Gasteiger partial charge in [0.15, 0.2) is 0 Å². The summed E-state index contributed by atoms with van der Waals surface area (Å²) in [6, 6.07) is 0. The summed E-state index contributed by atoms with van der Waals surface area (Å²) >= 11 is 5.95. The van der Waals surface area contributed by atoms with Gasteiger partial charge in [-0.3, -0.25) is 4.39 Å². The molecule has 1 heterocycles. The molecule has 0 radical (unpaired) electrons. The van der Waals surface area contributed by atoms with Gasteiger partial charge in [-0.2, -0.15) is 0 Å². The third-order valence-corrected chi connectivity index (χ3v) is 3.75. The molecule has 0 saturated heterocycles. The van der Waals surface area contributed by atoms with E-state index in [1.54, 1.807) is 0 Å². The zero-order chi connectivity index (χ0) is 10.9. The predicted octanol–water partition coefficient (Wildman–Crippen LogP) is 2.41. The standard InChI is InChI=1S/C11H18ClFN2/c1-2-14-5-6-15(10(14)7-12)9-11(8-13)3-4-11/h5-6,10H,2-4,7-9H2,1H3. The fourth-order valence-electron chi connectivity index (χ4n) is 2.11. The van der Waals surface area contributed by atoms with Crippen LogP contribution in [0.5, 0.6) is 0 Å². The van der Waals surface area contributed by atoms with E-state index in [1.807, 2.05) is 6.20 Å². The second kappa shape index (κ2) is 4.20. The smallest absolute Gasteiger partial charge is 0.114 e. The molecule has 0 spiro atoms. The molecule has 0 N–H and O–H groups in total. The first-order chi connectivity index (χ1) is 7.24. The molecule has 1 fully saturated rings. The Hall–Kier alpha value is -0.440. The lowest BCUT2D eigenvalue weighted by Gasteiger charge is -2.32. The van der Waals surface area contributed by atoms with Crippen molar-refractivity contribution in [3.8, 4) is 0 Å². The molecule has 0 amide bonds. The monoisotopic (exact) mass is 232 g/mol. The molecule has 86 valence electrons. The largest absolute Gasteiger partial charge is 0.355 e. The van der Waals surface area contributed by atoms with Crippen molar-refractivity contribution in [2.75, 3.05) is 25.6 Å². The highest BCUT2D eigenvalue weighted by molar-refractivity contribution is 6.18. The number of hydrogen-bond donors (Lipinski definition) is 0. The second-order valence-electron chi connectivity index (χ2n) is 4.57. The van der Waals surface area contributed by atoms with E-state index < -0.39 is 0 Å². The SMILES string of the molecule is CCN1C=CN(CC2(CF)CC2)C1CCl. The van der Waals surface area contributed by atoms with Gasteiger partial charge in [-0.15, -0.1) is 11.6 Å². The van der Waals surface area contributed by atoms with Gasteiger partial charge in [-0.05, 0) is 19.8 Å². The van der Waals surface area contributed by atoms with Crippen molar-refractivity contribution in [1.29, 1.82) is 0 Å². The van der Waals surface area contributed by atoms with Crippen molar-refractivity contribution in [3.05, 3.63) is 12.4 Å². The molecule has 0 aromatic heterocycles. The van der Waals surface area contributed by atoms with Crippen LogP contribution in [-0.4, -0.2) is 41.6 Å². The van der Waals surface area contributed by atoms with Gasteiger partial charge in [0.1, 0.15) is 6.17 Å². The molecule has 1 atom stereocenters. The highest BCUT2D eigenvalue weighted by Crippen LogP contribution is 2.47. The Balaban J connectivity index is 1.95. The van der Waals surface area contributed by atoms with Gasteiger partial charge < -0.3 is 9.80 Å². The Morgan fingerprint density at radius 2 is 2.07 bits per heavy atom. The summed E-state index contributed by atoms with van der Waals surface area (Å²) in [6.45, 7) is 3.68. The van der Waals surface area contributed by atoms with Crippen LogP contribution in [0.1, 0.15) is 19.8 Å². The van der Waals surface area contributed by atoms with E-state index in [0.717, 1.165) is 25.9 Å². The fourth-order valence-corrected chi connectivity index (χ4v) is 2.46. The van der Waals surface area contributed by atoms with Gasteiger partial charge in [-0.1, -0.05) is 0 Å². The minimum atomic E-state index is -0.196. The second-order valence-corrected chi connectivity index (χ2v) is 4.88. The molecule has 1 unspecified atom stereocenters. The Morgan fingerprint density at radius 3 is 2.53 bits per heavy atom. The molecule has 1 saturated carbocycles. The first kappa shape index (κ1) is 11.1. The summed E-state index contributed by atoms with van der Waals surface area (Å²) in [6.07, 6.45) is 6.37. The maximum absolute atomic E-state index is 12.8. The van der Waals surface area contributed by atoms with E-state index >= 15 is 0 Å². The van der Waals surface area contributed by atoms with Crippen molar-refractivity contribution >= 4 is 11.6 Å². The van der Waals surface area contributed by atoms with Crippen LogP contribution in [-0.2, 0) is 0 Å². The van der Waals surface area contributed by atoms with Crippen molar-refractivity contribution in [1.82, 2.24) is 9.80 Å². The fraction of sp³-hybridized carbons (Fsp3) is 0.818. The Bertz CT molecular complexity index is 253. The molecule has 4 heteroatoms. The molecule has 1 aliphatic heterocycles. The van der Waals surface area contributed by atoms with Crippen LogP contribution in [0.15, 0.2) is 12.4 Å². The first-order valence-electron chi connectivity index (χ1n) is 5.56. The maximum atomic E-state index is 12.8. The Morgan fingerprint density at radius 1 is 1.40 bits per heavy atom. The lowest BCUT2D eigenvalue weighted by molar-refractivity contribution is 0.143. The molecular weight excluding hydrogens is 215 g/mol. The van der Waals surface area contributed by atoms with Gasteiger partial charge in [0.2, 0.25) is 0 Å². The zero-order valence-corrected chi connectivity index (χ0v) is 9.88. The predicted molar refractivity (Wildman–Crippen MR) is 60.4 cm³/mol. The summed E-state index contributed by atoms with van der Waals surface area (Å²) in [4.78, 5) is 4.38. The van der Waals surface area contributed by atoms with Gasteiger partial charge in [-0.25, -0.2) is 0 Å². The lowest BCUT2D eigenvalue weighted by atomic mass is 10.1. The van der Waals surface area contributed by atoms with Crippen molar-refractivity contribution in [2.45, 2.75) is 25.9 Å². The third-order valence-electron chi connectivity index (χ3n) is 3.48. The molecular formula is C11H18ClFN2. The summed E-state index contributed by atoms with van der Waals surface area (Å²) in [5.74, 6) is 0.573. The van der Waals surface area contributed by atoms with Crippen LogP contribution in [0.25, 0.3) is 0 Å². The van der Waals surface area contributed by atoms with Crippen LogP contribution >= 0.6 is 11.6 Å². The minimum absolute atomic E-state index is 0.0571. The topological polar surface area (TPSA) is 6.48 Å². The highest BCUT2D eigenvalue weighted by Gasteiger charge is 2.45. The van der Waals surface area contributed by atoms with Crippen molar-refractivity contribution in [3.63, 3.8) is 0 Å². The van der Waals surface area contributed by atoms with E-state index in [4.69, 9.17) is 11.6 Å². The van der Waals surface area contributed by atoms with Crippen LogP contribution in [0.3, 0.4) is 0 Å². The van der Waals surface area contributed by atoms with Crippen LogP contribution in [0.4, 0.5) is 4.39 Å². The minimum Gasteiger partial charge on any atom is -0.355 e. The number of alkyl halides is 2. The van der Waals surface area contributed by atoms with E-state index in [2.05, 4.69) is 22.9 Å². The van der Waals surface area contributed by atoms with E-state index in [9.17, 15) is 4.39 Å². The number of hydrogen-bond acceptors (Lipinski definition) is 2. The van der Waals surface area contributed by atoms with Crippen LogP contribution in [0, 0.1) is 5.41 Å². The summed E-state index contributed by atoms with van der Waals surface area (Å²) < 4.78 is 12.8. The van der Waals surface area contributed by atoms with Crippen LogP contribution in [0.2, 0.25) is 0 Å². The average molecular weight is 233 g/mol. The number of nitrogens with zero attached hydrogens (tertiary/aromatic N) is 2. The molecule has 2 rings (SSSR count). The average Bonchev–Trinajstić information content (AvgIpc) is 2.92. The molecule has 15 heavy (non-hydrogen) atoms. The van der Waals surface area contributed by atoms with E-state index in [-0.39, 0.29) is 18.3 Å². The van der Waals surface area contributed by atoms with Gasteiger partial charge in [0.25, 0.3) is 0 Å². The highest BCUT2D eigenvalue weighted by atomic mass is 35.5. The van der Waals surface area contributed by atoms with Gasteiger partial charge in [0.05, 0.1) is 12.6 Å². The zero-order valence-electron chi connectivity index (χ0n) is 9.13. The molecule has 2 nitrogen and oxygen atoms in total. The summed E-state index contributed by atoms with van der Waals surface area (Å²) in [7, 11) is 0. The maximum Gasteiger partial charge on any atom is 0.114 e. The lowest BCUT2D eigenvalue weighted by Crippen LogP contribution is -2.42. The molecule has 2 aliphatic rings.